The van der Waals surface area contributed by atoms with Crippen LogP contribution in [0.4, 0.5) is 0 Å². The van der Waals surface area contributed by atoms with Gasteiger partial charge in [-0.15, -0.1) is 0 Å². The third-order valence-corrected chi connectivity index (χ3v) is 10.1. The Hall–Kier alpha value is 0.390. The molecule has 2 rings (SSSR count). The van der Waals surface area contributed by atoms with Crippen molar-refractivity contribution in [2.24, 2.45) is 10.8 Å². The van der Waals surface area contributed by atoms with Crippen molar-refractivity contribution in [3.63, 3.8) is 0 Å². The van der Waals surface area contributed by atoms with Gasteiger partial charge in [0.15, 0.2) is 0 Å². The van der Waals surface area contributed by atoms with Gasteiger partial charge in [-0.2, -0.15) is 0 Å². The van der Waals surface area contributed by atoms with E-state index in [4.69, 9.17) is 0 Å². The summed E-state index contributed by atoms with van der Waals surface area (Å²) < 4.78 is 24.1. The minimum absolute atomic E-state index is 0.00924. The van der Waals surface area contributed by atoms with Crippen LogP contribution in [0.2, 0.25) is 0 Å². The summed E-state index contributed by atoms with van der Waals surface area (Å²) in [6, 6.07) is 0. The second-order valence-electron chi connectivity index (χ2n) is 6.68. The zero-order valence-electron chi connectivity index (χ0n) is 11.2. The van der Waals surface area contributed by atoms with Gasteiger partial charge in [0.2, 0.25) is 0 Å². The maximum atomic E-state index is 12.3. The van der Waals surface area contributed by atoms with Crippen LogP contribution in [-0.4, -0.2) is 17.6 Å². The monoisotopic (exact) mass is 292 g/mol. The van der Waals surface area contributed by atoms with Gasteiger partial charge in [0.1, 0.15) is 19.0 Å². The Morgan fingerprint density at radius 2 is 1.41 bits per heavy atom. The second kappa shape index (κ2) is 3.94. The Bertz CT molecular complexity index is 438. The van der Waals surface area contributed by atoms with Gasteiger partial charge in [-0.25, -0.2) is 4.21 Å². The SMILES string of the molecule is CC(C)(C)C1=C(C(C)(C)C)[C@H]2[S@](=O)[C@@H]1S[S@]2=O. The zero-order valence-corrected chi connectivity index (χ0v) is 13.6. The predicted molar refractivity (Wildman–Crippen MR) is 77.4 cm³/mol. The van der Waals surface area contributed by atoms with Gasteiger partial charge in [0.25, 0.3) is 0 Å². The van der Waals surface area contributed by atoms with Crippen molar-refractivity contribution >= 4 is 31.4 Å². The fourth-order valence-electron chi connectivity index (χ4n) is 2.51. The lowest BCUT2D eigenvalue weighted by molar-refractivity contribution is 0.446. The maximum Gasteiger partial charge on any atom is 0.143 e. The molecule has 17 heavy (non-hydrogen) atoms. The van der Waals surface area contributed by atoms with Gasteiger partial charge in [-0.3, -0.25) is 4.21 Å². The Morgan fingerprint density at radius 1 is 0.941 bits per heavy atom. The fraction of sp³-hybridized carbons (Fsp3) is 0.833. The average Bonchev–Trinajstić information content (AvgIpc) is 2.52. The van der Waals surface area contributed by atoms with E-state index in [2.05, 4.69) is 41.5 Å². The smallest absolute Gasteiger partial charge is 0.143 e. The average molecular weight is 292 g/mol. The highest BCUT2D eigenvalue weighted by Crippen LogP contribution is 2.57. The summed E-state index contributed by atoms with van der Waals surface area (Å²) in [5.41, 5.74) is 2.42. The van der Waals surface area contributed by atoms with E-state index >= 15 is 0 Å². The van der Waals surface area contributed by atoms with Crippen molar-refractivity contribution in [1.29, 1.82) is 0 Å². The molecule has 2 aliphatic rings. The molecule has 2 aliphatic heterocycles. The molecule has 1 saturated heterocycles. The summed E-state index contributed by atoms with van der Waals surface area (Å²) in [6.45, 7) is 12.9. The number of rotatable bonds is 0. The molecular formula is C12H20O2S3. The van der Waals surface area contributed by atoms with Crippen LogP contribution in [0.1, 0.15) is 41.5 Å². The Kier molecular flexibility index (Phi) is 3.20. The molecule has 5 heteroatoms. The summed E-state index contributed by atoms with van der Waals surface area (Å²) in [7, 11) is -0.618. The van der Waals surface area contributed by atoms with Crippen LogP contribution in [0.15, 0.2) is 11.1 Å². The molecule has 0 unspecified atom stereocenters. The van der Waals surface area contributed by atoms with Crippen LogP contribution in [0.5, 0.6) is 0 Å². The molecule has 0 saturated carbocycles. The van der Waals surface area contributed by atoms with E-state index in [-0.39, 0.29) is 20.0 Å². The lowest BCUT2D eigenvalue weighted by Crippen LogP contribution is -2.27. The zero-order chi connectivity index (χ0) is 13.2. The predicted octanol–water partition coefficient (Wildman–Crippen LogP) is 3.20. The number of hydrogen-bond acceptors (Lipinski definition) is 3. The molecule has 0 aromatic carbocycles. The topological polar surface area (TPSA) is 34.1 Å². The molecule has 2 heterocycles. The molecule has 0 aliphatic carbocycles. The van der Waals surface area contributed by atoms with Crippen molar-refractivity contribution in [2.75, 3.05) is 0 Å². The quantitative estimate of drug-likeness (QED) is 0.508. The molecular weight excluding hydrogens is 272 g/mol. The highest BCUT2D eigenvalue weighted by Gasteiger charge is 2.56. The normalized spacial score (nSPS) is 38.0. The number of hydrogen-bond donors (Lipinski definition) is 0. The third kappa shape index (κ3) is 2.08. The molecule has 0 spiro atoms. The van der Waals surface area contributed by atoms with Crippen LogP contribution in [-0.2, 0) is 20.6 Å². The first-order valence-corrected chi connectivity index (χ1v) is 9.66. The van der Waals surface area contributed by atoms with Crippen molar-refractivity contribution in [1.82, 2.24) is 0 Å². The molecule has 2 bridgehead atoms. The van der Waals surface area contributed by atoms with E-state index < -0.39 is 20.6 Å². The van der Waals surface area contributed by atoms with E-state index in [1.165, 1.54) is 21.9 Å². The Balaban J connectivity index is 2.65. The third-order valence-electron chi connectivity index (χ3n) is 3.16. The molecule has 0 amide bonds. The first-order chi connectivity index (χ1) is 7.55. The van der Waals surface area contributed by atoms with Crippen LogP contribution in [0.3, 0.4) is 0 Å². The molecule has 4 atom stereocenters. The molecule has 0 aromatic heterocycles. The van der Waals surface area contributed by atoms with Gasteiger partial charge in [-0.05, 0) is 32.8 Å². The Labute approximate surface area is 112 Å². The maximum absolute atomic E-state index is 12.3. The van der Waals surface area contributed by atoms with Crippen LogP contribution in [0, 0.1) is 10.8 Å². The largest absolute Gasteiger partial charge is 0.256 e. The Morgan fingerprint density at radius 3 is 1.82 bits per heavy atom. The molecule has 0 N–H and O–H groups in total. The van der Waals surface area contributed by atoms with Gasteiger partial charge in [0.05, 0.1) is 10.8 Å². The van der Waals surface area contributed by atoms with E-state index in [0.29, 0.717) is 0 Å². The van der Waals surface area contributed by atoms with Crippen LogP contribution >= 0.6 is 10.8 Å². The van der Waals surface area contributed by atoms with Crippen molar-refractivity contribution in [2.45, 2.75) is 50.7 Å². The van der Waals surface area contributed by atoms with Crippen molar-refractivity contribution in [3.05, 3.63) is 11.1 Å². The van der Waals surface area contributed by atoms with E-state index in [0.717, 1.165) is 0 Å². The summed E-state index contributed by atoms with van der Waals surface area (Å²) in [5, 5.41) is 0. The van der Waals surface area contributed by atoms with E-state index in [9.17, 15) is 8.42 Å². The molecule has 0 radical (unpaired) electrons. The first-order valence-electron chi connectivity index (χ1n) is 5.77. The van der Waals surface area contributed by atoms with E-state index in [1.807, 2.05) is 0 Å². The summed E-state index contributed by atoms with van der Waals surface area (Å²) >= 11 is 0. The minimum atomic E-state index is -1.01. The highest BCUT2D eigenvalue weighted by molar-refractivity contribution is 8.75. The molecule has 2 nitrogen and oxygen atoms in total. The molecule has 98 valence electrons. The lowest BCUT2D eigenvalue weighted by Gasteiger charge is -2.34. The van der Waals surface area contributed by atoms with Gasteiger partial charge >= 0.3 is 0 Å². The van der Waals surface area contributed by atoms with Crippen molar-refractivity contribution < 1.29 is 8.42 Å². The summed E-state index contributed by atoms with van der Waals surface area (Å²) in [6.07, 6.45) is 0. The standard InChI is InChI=1S/C12H20O2S3/c1-11(2,3)7-8(12(4,5)6)10-16(13)9(7)15-17(10)14/h9-10H,1-6H3/t9-,10-,16+,17+/m0/s1. The minimum Gasteiger partial charge on any atom is -0.256 e. The summed E-state index contributed by atoms with van der Waals surface area (Å²) in [5.74, 6) is 0. The first kappa shape index (κ1) is 13.8. The number of fused-ring (bicyclic) bond motifs is 2. The fourth-order valence-corrected chi connectivity index (χ4v) is 11.4. The van der Waals surface area contributed by atoms with E-state index in [1.54, 1.807) is 0 Å². The van der Waals surface area contributed by atoms with Gasteiger partial charge < -0.3 is 0 Å². The molecule has 1 fully saturated rings. The van der Waals surface area contributed by atoms with Gasteiger partial charge in [-0.1, -0.05) is 41.5 Å². The van der Waals surface area contributed by atoms with Gasteiger partial charge in [0, 0.05) is 0 Å². The second-order valence-corrected chi connectivity index (χ2v) is 12.1. The van der Waals surface area contributed by atoms with Crippen LogP contribution in [0.25, 0.3) is 0 Å². The molecule has 0 aromatic rings. The van der Waals surface area contributed by atoms with Crippen molar-refractivity contribution in [3.8, 4) is 0 Å². The van der Waals surface area contributed by atoms with Crippen LogP contribution < -0.4 is 0 Å². The highest BCUT2D eigenvalue weighted by atomic mass is 33.1. The summed E-state index contributed by atoms with van der Waals surface area (Å²) in [4.78, 5) is 0. The lowest BCUT2D eigenvalue weighted by atomic mass is 9.76.